The summed E-state index contributed by atoms with van der Waals surface area (Å²) in [7, 11) is 0. The lowest BCUT2D eigenvalue weighted by Crippen LogP contribution is -2.29. The Morgan fingerprint density at radius 3 is 3.00 bits per heavy atom. The predicted octanol–water partition coefficient (Wildman–Crippen LogP) is 0.0546. The second kappa shape index (κ2) is 2.92. The number of carboxylic acid groups (broad SMARTS) is 1. The van der Waals surface area contributed by atoms with Crippen molar-refractivity contribution in [1.29, 1.82) is 5.41 Å². The molecule has 0 bridgehead atoms. The molecule has 0 unspecified atom stereocenters. The van der Waals surface area contributed by atoms with Crippen molar-refractivity contribution in [2.45, 2.75) is 0 Å². The molecule has 0 aromatic rings. The number of carboxylic acids is 1. The number of hydrogen-bond acceptors (Lipinski definition) is 3. The van der Waals surface area contributed by atoms with Crippen LogP contribution in [0.4, 0.5) is 0 Å². The smallest absolute Gasteiger partial charge is 0.323 e. The van der Waals surface area contributed by atoms with Crippen molar-refractivity contribution in [3.05, 3.63) is 0 Å². The molecule has 0 saturated carbocycles. The largest absolute Gasteiger partial charge is 0.480 e. The fourth-order valence-corrected chi connectivity index (χ4v) is 1.60. The van der Waals surface area contributed by atoms with Crippen LogP contribution in [0.1, 0.15) is 0 Å². The zero-order valence-electron chi connectivity index (χ0n) is 5.33. The third-order valence-corrected chi connectivity index (χ3v) is 2.13. The molecule has 1 saturated heterocycles. The zero-order valence-corrected chi connectivity index (χ0v) is 6.15. The van der Waals surface area contributed by atoms with E-state index < -0.39 is 5.97 Å². The highest BCUT2D eigenvalue weighted by atomic mass is 32.2. The van der Waals surface area contributed by atoms with Gasteiger partial charge in [0.1, 0.15) is 6.54 Å². The van der Waals surface area contributed by atoms with Crippen LogP contribution in [0.25, 0.3) is 0 Å². The second-order valence-electron chi connectivity index (χ2n) is 1.97. The van der Waals surface area contributed by atoms with Crippen LogP contribution in [0, 0.1) is 5.41 Å². The highest BCUT2D eigenvalue weighted by Crippen LogP contribution is 2.14. The van der Waals surface area contributed by atoms with Crippen LogP contribution in [-0.4, -0.2) is 40.0 Å². The summed E-state index contributed by atoms with van der Waals surface area (Å²) in [5.74, 6) is -0.0289. The quantitative estimate of drug-likeness (QED) is 0.599. The molecule has 1 rings (SSSR count). The van der Waals surface area contributed by atoms with Gasteiger partial charge in [-0.2, -0.15) is 0 Å². The van der Waals surface area contributed by atoms with Gasteiger partial charge in [0.25, 0.3) is 0 Å². The molecule has 10 heavy (non-hydrogen) atoms. The average Bonchev–Trinajstić information content (AvgIpc) is 2.15. The first kappa shape index (κ1) is 7.40. The van der Waals surface area contributed by atoms with E-state index in [0.29, 0.717) is 11.7 Å². The number of nitrogens with one attached hydrogen (secondary N) is 1. The molecular weight excluding hydrogens is 152 g/mol. The summed E-state index contributed by atoms with van der Waals surface area (Å²) >= 11 is 1.39. The van der Waals surface area contributed by atoms with E-state index in [4.69, 9.17) is 10.5 Å². The van der Waals surface area contributed by atoms with E-state index in [9.17, 15) is 4.79 Å². The monoisotopic (exact) mass is 160 g/mol. The minimum Gasteiger partial charge on any atom is -0.480 e. The molecule has 5 heteroatoms. The van der Waals surface area contributed by atoms with Gasteiger partial charge in [-0.25, -0.2) is 0 Å². The summed E-state index contributed by atoms with van der Waals surface area (Å²) in [6.07, 6.45) is 0. The minimum absolute atomic E-state index is 0.0359. The van der Waals surface area contributed by atoms with Gasteiger partial charge >= 0.3 is 5.97 Å². The van der Waals surface area contributed by atoms with Crippen molar-refractivity contribution in [3.8, 4) is 0 Å². The van der Waals surface area contributed by atoms with Crippen molar-refractivity contribution in [3.63, 3.8) is 0 Å². The Labute approximate surface area is 62.7 Å². The molecule has 0 radical (unpaired) electrons. The molecule has 0 aromatic carbocycles. The van der Waals surface area contributed by atoms with Gasteiger partial charge in [-0.3, -0.25) is 10.2 Å². The first-order valence-corrected chi connectivity index (χ1v) is 3.87. The lowest BCUT2D eigenvalue weighted by atomic mass is 10.5. The standard InChI is InChI=1S/C5H8N2O2S/c6-5-7(1-2-10-5)3-4(8)9/h6H,1-3H2,(H,8,9). The molecule has 0 amide bonds. The summed E-state index contributed by atoms with van der Waals surface area (Å²) in [4.78, 5) is 11.7. The van der Waals surface area contributed by atoms with E-state index in [1.54, 1.807) is 4.90 Å². The van der Waals surface area contributed by atoms with Gasteiger partial charge in [-0.1, -0.05) is 11.8 Å². The predicted molar refractivity (Wildman–Crippen MR) is 39.4 cm³/mol. The first-order chi connectivity index (χ1) is 4.70. The Balaban J connectivity index is 2.40. The number of carbonyl (C=O) groups is 1. The maximum Gasteiger partial charge on any atom is 0.323 e. The summed E-state index contributed by atoms with van der Waals surface area (Å²) < 4.78 is 0. The van der Waals surface area contributed by atoms with Crippen LogP contribution >= 0.6 is 11.8 Å². The fourth-order valence-electron chi connectivity index (χ4n) is 0.759. The molecule has 0 aromatic heterocycles. The number of hydrogen-bond donors (Lipinski definition) is 2. The van der Waals surface area contributed by atoms with Crippen LogP contribution in [-0.2, 0) is 4.79 Å². The zero-order chi connectivity index (χ0) is 7.56. The van der Waals surface area contributed by atoms with Crippen LogP contribution < -0.4 is 0 Å². The number of amidine groups is 1. The van der Waals surface area contributed by atoms with Crippen molar-refractivity contribution in [2.75, 3.05) is 18.8 Å². The fraction of sp³-hybridized carbons (Fsp3) is 0.600. The van der Waals surface area contributed by atoms with Gasteiger partial charge in [0.05, 0.1) is 0 Å². The second-order valence-corrected chi connectivity index (χ2v) is 3.05. The number of aliphatic carboxylic acids is 1. The third-order valence-electron chi connectivity index (χ3n) is 1.21. The average molecular weight is 160 g/mol. The molecule has 56 valence electrons. The minimum atomic E-state index is -0.868. The number of rotatable bonds is 2. The van der Waals surface area contributed by atoms with Gasteiger partial charge < -0.3 is 10.0 Å². The van der Waals surface area contributed by atoms with Gasteiger partial charge in [-0.05, 0) is 0 Å². The maximum absolute atomic E-state index is 10.2. The van der Waals surface area contributed by atoms with Gasteiger partial charge in [0.2, 0.25) is 0 Å². The van der Waals surface area contributed by atoms with Crippen molar-refractivity contribution in [1.82, 2.24) is 4.90 Å². The molecule has 1 aliphatic rings. The Hall–Kier alpha value is -0.710. The van der Waals surface area contributed by atoms with Gasteiger partial charge in [0.15, 0.2) is 5.17 Å². The Morgan fingerprint density at radius 2 is 2.60 bits per heavy atom. The normalized spacial score (nSPS) is 18.0. The van der Waals surface area contributed by atoms with E-state index in [1.807, 2.05) is 0 Å². The summed E-state index contributed by atoms with van der Waals surface area (Å²) in [6, 6.07) is 0. The van der Waals surface area contributed by atoms with E-state index in [-0.39, 0.29) is 6.54 Å². The first-order valence-electron chi connectivity index (χ1n) is 2.88. The molecule has 0 atom stereocenters. The summed E-state index contributed by atoms with van der Waals surface area (Å²) in [5.41, 5.74) is 0. The highest BCUT2D eigenvalue weighted by molar-refractivity contribution is 8.14. The Bertz CT molecular complexity index is 171. The van der Waals surface area contributed by atoms with Crippen molar-refractivity contribution >= 4 is 22.9 Å². The summed E-state index contributed by atoms with van der Waals surface area (Å²) in [5, 5.41) is 15.9. The summed E-state index contributed by atoms with van der Waals surface area (Å²) in [6.45, 7) is 0.654. The van der Waals surface area contributed by atoms with E-state index in [1.165, 1.54) is 11.8 Å². The van der Waals surface area contributed by atoms with E-state index in [2.05, 4.69) is 0 Å². The molecule has 1 aliphatic heterocycles. The van der Waals surface area contributed by atoms with Gasteiger partial charge in [0, 0.05) is 12.3 Å². The van der Waals surface area contributed by atoms with Crippen LogP contribution in [0.3, 0.4) is 0 Å². The topological polar surface area (TPSA) is 64.4 Å². The number of nitrogens with zero attached hydrogens (tertiary/aromatic N) is 1. The third kappa shape index (κ3) is 1.63. The number of thioether (sulfide) groups is 1. The molecule has 2 N–H and O–H groups in total. The Morgan fingerprint density at radius 1 is 1.90 bits per heavy atom. The molecule has 0 aliphatic carbocycles. The lowest BCUT2D eigenvalue weighted by Gasteiger charge is -2.12. The van der Waals surface area contributed by atoms with E-state index in [0.717, 1.165) is 5.75 Å². The maximum atomic E-state index is 10.2. The molecular formula is C5H8N2O2S. The van der Waals surface area contributed by atoms with Crippen molar-refractivity contribution in [2.24, 2.45) is 0 Å². The molecule has 1 heterocycles. The van der Waals surface area contributed by atoms with Gasteiger partial charge in [-0.15, -0.1) is 0 Å². The lowest BCUT2D eigenvalue weighted by molar-refractivity contribution is -0.137. The highest BCUT2D eigenvalue weighted by Gasteiger charge is 2.19. The molecule has 4 nitrogen and oxygen atoms in total. The molecule has 0 spiro atoms. The van der Waals surface area contributed by atoms with Crippen LogP contribution in [0.2, 0.25) is 0 Å². The van der Waals surface area contributed by atoms with Crippen LogP contribution in [0.15, 0.2) is 0 Å². The SMILES string of the molecule is N=C1SCCN1CC(=O)O. The Kier molecular flexibility index (Phi) is 2.16. The molecule has 1 fully saturated rings. The van der Waals surface area contributed by atoms with Crippen molar-refractivity contribution < 1.29 is 9.90 Å². The van der Waals surface area contributed by atoms with E-state index >= 15 is 0 Å². The van der Waals surface area contributed by atoms with Crippen LogP contribution in [0.5, 0.6) is 0 Å².